The maximum atomic E-state index is 12.9. The predicted octanol–water partition coefficient (Wildman–Crippen LogP) is 2.29. The van der Waals surface area contributed by atoms with E-state index in [4.69, 9.17) is 11.6 Å². The standard InChI is InChI=1S/C9H7ClFNO/c10-4-1-2-7-3-5-12-9(11)8(7)6-13/h1-3,5-6H,4H2. The van der Waals surface area contributed by atoms with Crippen LogP contribution < -0.4 is 0 Å². The van der Waals surface area contributed by atoms with Gasteiger partial charge >= 0.3 is 0 Å². The van der Waals surface area contributed by atoms with Crippen LogP contribution in [0.4, 0.5) is 4.39 Å². The number of halogens is 2. The number of carbonyl (C=O) groups excluding carboxylic acids is 1. The monoisotopic (exact) mass is 199 g/mol. The summed E-state index contributed by atoms with van der Waals surface area (Å²) in [6.07, 6.45) is 4.96. The van der Waals surface area contributed by atoms with E-state index in [2.05, 4.69) is 4.98 Å². The molecule has 0 saturated carbocycles. The highest BCUT2D eigenvalue weighted by Crippen LogP contribution is 2.10. The summed E-state index contributed by atoms with van der Waals surface area (Å²) in [4.78, 5) is 13.8. The number of pyridine rings is 1. The fourth-order valence-electron chi connectivity index (χ4n) is 0.895. The molecule has 2 nitrogen and oxygen atoms in total. The lowest BCUT2D eigenvalue weighted by atomic mass is 10.1. The molecule has 1 rings (SSSR count). The number of alkyl halides is 1. The molecule has 1 aromatic heterocycles. The molecule has 0 saturated heterocycles. The van der Waals surface area contributed by atoms with E-state index in [0.717, 1.165) is 0 Å². The minimum absolute atomic E-state index is 0.0381. The van der Waals surface area contributed by atoms with Crippen LogP contribution in [0.25, 0.3) is 6.08 Å². The molecule has 13 heavy (non-hydrogen) atoms. The third-order valence-corrected chi connectivity index (χ3v) is 1.66. The summed E-state index contributed by atoms with van der Waals surface area (Å²) in [5.74, 6) is -0.436. The molecular weight excluding hydrogens is 193 g/mol. The summed E-state index contributed by atoms with van der Waals surface area (Å²) in [6.45, 7) is 0. The van der Waals surface area contributed by atoms with E-state index in [9.17, 15) is 9.18 Å². The molecule has 1 heterocycles. The Bertz CT molecular complexity index is 338. The number of carbonyl (C=O) groups is 1. The second-order valence-electron chi connectivity index (χ2n) is 2.28. The molecule has 0 aromatic carbocycles. The Balaban J connectivity index is 3.12. The molecule has 0 amide bonds. The zero-order valence-electron chi connectivity index (χ0n) is 6.71. The van der Waals surface area contributed by atoms with Gasteiger partial charge in [-0.25, -0.2) is 4.98 Å². The molecule has 0 bridgehead atoms. The van der Waals surface area contributed by atoms with E-state index in [1.54, 1.807) is 18.2 Å². The van der Waals surface area contributed by atoms with Crippen molar-refractivity contribution in [2.24, 2.45) is 0 Å². The topological polar surface area (TPSA) is 30.0 Å². The second kappa shape index (κ2) is 4.72. The van der Waals surface area contributed by atoms with Gasteiger partial charge in [0.1, 0.15) is 0 Å². The van der Waals surface area contributed by atoms with Crippen LogP contribution in [0.5, 0.6) is 0 Å². The minimum atomic E-state index is -0.758. The SMILES string of the molecule is O=Cc1c(C=CCCl)ccnc1F. The lowest BCUT2D eigenvalue weighted by molar-refractivity contribution is 0.111. The van der Waals surface area contributed by atoms with E-state index >= 15 is 0 Å². The number of hydrogen-bond acceptors (Lipinski definition) is 2. The van der Waals surface area contributed by atoms with E-state index < -0.39 is 5.95 Å². The van der Waals surface area contributed by atoms with Crippen molar-refractivity contribution in [3.63, 3.8) is 0 Å². The first kappa shape index (κ1) is 9.86. The van der Waals surface area contributed by atoms with Crippen LogP contribution in [0.2, 0.25) is 0 Å². The Morgan fingerprint density at radius 3 is 3.00 bits per heavy atom. The highest BCUT2D eigenvalue weighted by Gasteiger charge is 2.05. The summed E-state index contributed by atoms with van der Waals surface area (Å²) in [5.41, 5.74) is 0.451. The molecule has 0 unspecified atom stereocenters. The largest absolute Gasteiger partial charge is 0.298 e. The Kier molecular flexibility index (Phi) is 3.58. The molecule has 0 atom stereocenters. The first-order chi connectivity index (χ1) is 6.29. The number of rotatable bonds is 3. The maximum Gasteiger partial charge on any atom is 0.224 e. The third-order valence-electron chi connectivity index (χ3n) is 1.48. The maximum absolute atomic E-state index is 12.9. The van der Waals surface area contributed by atoms with E-state index in [-0.39, 0.29) is 5.56 Å². The third kappa shape index (κ3) is 2.36. The van der Waals surface area contributed by atoms with Crippen molar-refractivity contribution in [2.45, 2.75) is 0 Å². The highest BCUT2D eigenvalue weighted by molar-refractivity contribution is 6.19. The Morgan fingerprint density at radius 2 is 2.38 bits per heavy atom. The van der Waals surface area contributed by atoms with Crippen LogP contribution in [0.1, 0.15) is 15.9 Å². The Morgan fingerprint density at radius 1 is 1.62 bits per heavy atom. The second-order valence-corrected chi connectivity index (χ2v) is 2.59. The first-order valence-corrected chi connectivity index (χ1v) is 4.15. The Hall–Kier alpha value is -1.22. The summed E-state index contributed by atoms with van der Waals surface area (Å²) >= 11 is 5.40. The van der Waals surface area contributed by atoms with Crippen LogP contribution in [0.15, 0.2) is 18.3 Å². The van der Waals surface area contributed by atoms with Crippen LogP contribution in [0, 0.1) is 5.95 Å². The van der Waals surface area contributed by atoms with Gasteiger partial charge in [0.25, 0.3) is 0 Å². The average Bonchev–Trinajstić information content (AvgIpc) is 2.15. The molecule has 0 aliphatic rings. The van der Waals surface area contributed by atoms with Gasteiger partial charge in [-0.2, -0.15) is 4.39 Å². The van der Waals surface area contributed by atoms with Crippen LogP contribution in [0.3, 0.4) is 0 Å². The number of aromatic nitrogens is 1. The minimum Gasteiger partial charge on any atom is -0.298 e. The molecule has 0 N–H and O–H groups in total. The molecule has 4 heteroatoms. The van der Waals surface area contributed by atoms with Crippen molar-refractivity contribution in [1.82, 2.24) is 4.98 Å². The average molecular weight is 200 g/mol. The number of aldehydes is 1. The molecule has 0 radical (unpaired) electrons. The van der Waals surface area contributed by atoms with Gasteiger partial charge in [0.2, 0.25) is 5.95 Å². The van der Waals surface area contributed by atoms with Gasteiger partial charge in [0, 0.05) is 12.1 Å². The number of hydrogen-bond donors (Lipinski definition) is 0. The van der Waals surface area contributed by atoms with Crippen molar-refractivity contribution < 1.29 is 9.18 Å². The van der Waals surface area contributed by atoms with Crippen molar-refractivity contribution in [3.8, 4) is 0 Å². The normalized spacial score (nSPS) is 10.6. The number of allylic oxidation sites excluding steroid dienone is 1. The predicted molar refractivity (Wildman–Crippen MR) is 49.3 cm³/mol. The Labute approximate surface area is 80.1 Å². The van der Waals surface area contributed by atoms with E-state index in [0.29, 0.717) is 17.7 Å². The van der Waals surface area contributed by atoms with Crippen LogP contribution in [-0.2, 0) is 0 Å². The van der Waals surface area contributed by atoms with E-state index in [1.807, 2.05) is 0 Å². The molecule has 68 valence electrons. The number of nitrogens with zero attached hydrogens (tertiary/aromatic N) is 1. The van der Waals surface area contributed by atoms with Crippen molar-refractivity contribution in [2.75, 3.05) is 5.88 Å². The smallest absolute Gasteiger partial charge is 0.224 e. The lowest BCUT2D eigenvalue weighted by Gasteiger charge is -1.97. The molecule has 0 aliphatic carbocycles. The zero-order chi connectivity index (χ0) is 9.68. The van der Waals surface area contributed by atoms with Gasteiger partial charge < -0.3 is 0 Å². The zero-order valence-corrected chi connectivity index (χ0v) is 7.46. The van der Waals surface area contributed by atoms with Crippen molar-refractivity contribution in [1.29, 1.82) is 0 Å². The van der Waals surface area contributed by atoms with Gasteiger partial charge in [0.15, 0.2) is 6.29 Å². The fourth-order valence-corrected chi connectivity index (χ4v) is 0.984. The van der Waals surface area contributed by atoms with Gasteiger partial charge in [-0.15, -0.1) is 11.6 Å². The van der Waals surface area contributed by atoms with Gasteiger partial charge in [-0.3, -0.25) is 4.79 Å². The van der Waals surface area contributed by atoms with Gasteiger partial charge in [-0.1, -0.05) is 12.2 Å². The summed E-state index contributed by atoms with van der Waals surface area (Å²) in [5, 5.41) is 0. The molecule has 1 aromatic rings. The summed E-state index contributed by atoms with van der Waals surface area (Å²) in [6, 6.07) is 1.55. The molecule has 0 aliphatic heterocycles. The van der Waals surface area contributed by atoms with Crippen LogP contribution in [-0.4, -0.2) is 17.2 Å². The summed E-state index contributed by atoms with van der Waals surface area (Å²) in [7, 11) is 0. The van der Waals surface area contributed by atoms with E-state index in [1.165, 1.54) is 6.20 Å². The quantitative estimate of drug-likeness (QED) is 0.425. The summed E-state index contributed by atoms with van der Waals surface area (Å²) < 4.78 is 12.9. The van der Waals surface area contributed by atoms with Crippen molar-refractivity contribution >= 4 is 24.0 Å². The molecular formula is C9H7ClFNO. The van der Waals surface area contributed by atoms with Gasteiger partial charge in [-0.05, 0) is 11.6 Å². The molecule has 0 spiro atoms. The molecule has 0 fully saturated rings. The first-order valence-electron chi connectivity index (χ1n) is 3.61. The highest BCUT2D eigenvalue weighted by atomic mass is 35.5. The van der Waals surface area contributed by atoms with Gasteiger partial charge in [0.05, 0.1) is 5.56 Å². The van der Waals surface area contributed by atoms with Crippen molar-refractivity contribution in [3.05, 3.63) is 35.4 Å². The lowest BCUT2D eigenvalue weighted by Crippen LogP contribution is -1.94. The van der Waals surface area contributed by atoms with Crippen LogP contribution >= 0.6 is 11.6 Å². The fraction of sp³-hybridized carbons (Fsp3) is 0.111.